The molecule has 0 heterocycles. The quantitative estimate of drug-likeness (QED) is 0.464. The zero-order chi connectivity index (χ0) is 17.6. The molecule has 1 heteroatoms. The molecule has 1 N–H and O–H groups in total. The minimum absolute atomic E-state index is 0.393. The number of hydrogen-bond donors (Lipinski definition) is 1. The van der Waals surface area contributed by atoms with Gasteiger partial charge in [0.2, 0.25) is 0 Å². The molecule has 0 atom stereocenters. The molecule has 0 fully saturated rings. The van der Waals surface area contributed by atoms with Crippen LogP contribution in [-0.4, -0.2) is 5.11 Å². The number of fused-ring (bicyclic) bond motifs is 2. The SMILES string of the molecule is Cc1cc(Cc2cc(C)c(O)c3ccccc23)c2ccccc2c1C. The van der Waals surface area contributed by atoms with Crippen molar-refractivity contribution in [3.8, 4) is 5.75 Å². The second-order valence-electron chi connectivity index (χ2n) is 6.95. The summed E-state index contributed by atoms with van der Waals surface area (Å²) in [6.07, 6.45) is 0.864. The fraction of sp³-hybridized carbons (Fsp3) is 0.167. The van der Waals surface area contributed by atoms with Gasteiger partial charge >= 0.3 is 0 Å². The Hall–Kier alpha value is -2.80. The second-order valence-corrected chi connectivity index (χ2v) is 6.95. The largest absolute Gasteiger partial charge is 0.507 e. The summed E-state index contributed by atoms with van der Waals surface area (Å²) in [7, 11) is 0. The molecular weight excluding hydrogens is 304 g/mol. The van der Waals surface area contributed by atoms with E-state index in [0.29, 0.717) is 5.75 Å². The first-order valence-electron chi connectivity index (χ1n) is 8.74. The van der Waals surface area contributed by atoms with Crippen LogP contribution in [0.2, 0.25) is 0 Å². The summed E-state index contributed by atoms with van der Waals surface area (Å²) < 4.78 is 0. The molecule has 4 aromatic rings. The molecule has 0 saturated heterocycles. The second kappa shape index (κ2) is 5.93. The molecule has 0 saturated carbocycles. The summed E-state index contributed by atoms with van der Waals surface area (Å²) in [5, 5.41) is 15.1. The van der Waals surface area contributed by atoms with E-state index < -0.39 is 0 Å². The van der Waals surface area contributed by atoms with Crippen molar-refractivity contribution >= 4 is 21.5 Å². The summed E-state index contributed by atoms with van der Waals surface area (Å²) in [5.74, 6) is 0.393. The van der Waals surface area contributed by atoms with Crippen molar-refractivity contribution in [3.05, 3.63) is 88.5 Å². The van der Waals surface area contributed by atoms with Crippen molar-refractivity contribution < 1.29 is 5.11 Å². The average Bonchev–Trinajstić information content (AvgIpc) is 2.64. The van der Waals surface area contributed by atoms with Crippen LogP contribution in [0.1, 0.15) is 27.8 Å². The third-order valence-corrected chi connectivity index (χ3v) is 5.33. The highest BCUT2D eigenvalue weighted by Crippen LogP contribution is 2.34. The van der Waals surface area contributed by atoms with E-state index in [1.165, 1.54) is 33.0 Å². The van der Waals surface area contributed by atoms with Gasteiger partial charge in [0.05, 0.1) is 0 Å². The predicted octanol–water partition coefficient (Wildman–Crippen LogP) is 6.21. The van der Waals surface area contributed by atoms with Crippen molar-refractivity contribution in [1.82, 2.24) is 0 Å². The van der Waals surface area contributed by atoms with Gasteiger partial charge in [0.1, 0.15) is 5.75 Å². The number of phenolic OH excluding ortho intramolecular Hbond substituents is 1. The molecule has 0 aliphatic carbocycles. The Labute approximate surface area is 148 Å². The van der Waals surface area contributed by atoms with Crippen molar-refractivity contribution in [2.75, 3.05) is 0 Å². The number of aromatic hydroxyl groups is 1. The minimum Gasteiger partial charge on any atom is -0.507 e. The zero-order valence-corrected chi connectivity index (χ0v) is 14.9. The highest BCUT2D eigenvalue weighted by Gasteiger charge is 2.12. The molecule has 0 unspecified atom stereocenters. The first-order chi connectivity index (χ1) is 12.1. The molecule has 1 nitrogen and oxygen atoms in total. The Kier molecular flexibility index (Phi) is 3.73. The maximum Gasteiger partial charge on any atom is 0.126 e. The van der Waals surface area contributed by atoms with Crippen LogP contribution in [-0.2, 0) is 6.42 Å². The summed E-state index contributed by atoms with van der Waals surface area (Å²) in [6, 6.07) is 21.2. The fourth-order valence-corrected chi connectivity index (χ4v) is 3.84. The molecule has 0 amide bonds. The van der Waals surface area contributed by atoms with Gasteiger partial charge in [-0.1, -0.05) is 60.7 Å². The molecule has 0 aliphatic rings. The molecule has 0 bridgehead atoms. The summed E-state index contributed by atoms with van der Waals surface area (Å²) in [5.41, 5.74) is 6.22. The predicted molar refractivity (Wildman–Crippen MR) is 107 cm³/mol. The Morgan fingerprint density at radius 3 is 1.76 bits per heavy atom. The number of hydrogen-bond acceptors (Lipinski definition) is 1. The van der Waals surface area contributed by atoms with Crippen LogP contribution >= 0.6 is 0 Å². The van der Waals surface area contributed by atoms with Crippen LogP contribution in [0.15, 0.2) is 60.7 Å². The van der Waals surface area contributed by atoms with Crippen molar-refractivity contribution in [2.45, 2.75) is 27.2 Å². The first kappa shape index (κ1) is 15.7. The van der Waals surface area contributed by atoms with Gasteiger partial charge in [0, 0.05) is 5.39 Å². The van der Waals surface area contributed by atoms with Gasteiger partial charge in [-0.15, -0.1) is 0 Å². The topological polar surface area (TPSA) is 20.2 Å². The highest BCUT2D eigenvalue weighted by molar-refractivity contribution is 5.94. The van der Waals surface area contributed by atoms with Crippen LogP contribution in [0, 0.1) is 20.8 Å². The van der Waals surface area contributed by atoms with E-state index in [2.05, 4.69) is 56.3 Å². The highest BCUT2D eigenvalue weighted by atomic mass is 16.3. The molecule has 4 aromatic carbocycles. The van der Waals surface area contributed by atoms with Crippen LogP contribution < -0.4 is 0 Å². The van der Waals surface area contributed by atoms with Crippen LogP contribution in [0.3, 0.4) is 0 Å². The maximum atomic E-state index is 10.4. The average molecular weight is 326 g/mol. The third-order valence-electron chi connectivity index (χ3n) is 5.33. The summed E-state index contributed by atoms with van der Waals surface area (Å²) in [6.45, 7) is 6.36. The van der Waals surface area contributed by atoms with Crippen LogP contribution in [0.5, 0.6) is 5.75 Å². The Morgan fingerprint density at radius 1 is 0.640 bits per heavy atom. The molecule has 0 spiro atoms. The molecule has 0 radical (unpaired) electrons. The molecular formula is C24H22O. The monoisotopic (exact) mass is 326 g/mol. The normalized spacial score (nSPS) is 11.3. The number of phenols is 1. The first-order valence-corrected chi connectivity index (χ1v) is 8.74. The molecule has 124 valence electrons. The maximum absolute atomic E-state index is 10.4. The van der Waals surface area contributed by atoms with Gasteiger partial charge in [0.25, 0.3) is 0 Å². The van der Waals surface area contributed by atoms with Crippen molar-refractivity contribution in [1.29, 1.82) is 0 Å². The summed E-state index contributed by atoms with van der Waals surface area (Å²) in [4.78, 5) is 0. The Balaban J connectivity index is 1.95. The van der Waals surface area contributed by atoms with E-state index in [4.69, 9.17) is 0 Å². The number of rotatable bonds is 2. The lowest BCUT2D eigenvalue weighted by Gasteiger charge is -2.15. The lowest BCUT2D eigenvalue weighted by atomic mass is 9.90. The number of benzene rings is 4. The standard InChI is InChI=1S/C24H22O/c1-15-12-18(21-9-5-4-8-20(21)17(15)3)14-19-13-16(2)24(25)23-11-7-6-10-22(19)23/h4-13,25H,14H2,1-3H3. The molecule has 25 heavy (non-hydrogen) atoms. The lowest BCUT2D eigenvalue weighted by Crippen LogP contribution is -1.96. The van der Waals surface area contributed by atoms with Gasteiger partial charge in [-0.25, -0.2) is 0 Å². The van der Waals surface area contributed by atoms with E-state index in [-0.39, 0.29) is 0 Å². The van der Waals surface area contributed by atoms with Gasteiger partial charge in [-0.3, -0.25) is 0 Å². The molecule has 0 aliphatic heterocycles. The van der Waals surface area contributed by atoms with Gasteiger partial charge < -0.3 is 5.11 Å². The van der Waals surface area contributed by atoms with E-state index in [9.17, 15) is 5.11 Å². The minimum atomic E-state index is 0.393. The smallest absolute Gasteiger partial charge is 0.126 e. The Bertz CT molecular complexity index is 1020. The summed E-state index contributed by atoms with van der Waals surface area (Å²) >= 11 is 0. The van der Waals surface area contributed by atoms with E-state index in [1.54, 1.807) is 0 Å². The molecule has 4 rings (SSSR count). The van der Waals surface area contributed by atoms with Crippen LogP contribution in [0.4, 0.5) is 0 Å². The van der Waals surface area contributed by atoms with Crippen molar-refractivity contribution in [2.24, 2.45) is 0 Å². The van der Waals surface area contributed by atoms with E-state index >= 15 is 0 Å². The van der Waals surface area contributed by atoms with E-state index in [0.717, 1.165) is 22.8 Å². The van der Waals surface area contributed by atoms with Crippen LogP contribution in [0.25, 0.3) is 21.5 Å². The van der Waals surface area contributed by atoms with Crippen molar-refractivity contribution in [3.63, 3.8) is 0 Å². The fourth-order valence-electron chi connectivity index (χ4n) is 3.84. The van der Waals surface area contributed by atoms with E-state index in [1.807, 2.05) is 25.1 Å². The van der Waals surface area contributed by atoms with Gasteiger partial charge in [-0.05, 0) is 71.2 Å². The zero-order valence-electron chi connectivity index (χ0n) is 14.9. The molecule has 0 aromatic heterocycles. The third kappa shape index (κ3) is 2.56. The van der Waals surface area contributed by atoms with Gasteiger partial charge in [0.15, 0.2) is 0 Å². The van der Waals surface area contributed by atoms with Gasteiger partial charge in [-0.2, -0.15) is 0 Å². The Morgan fingerprint density at radius 2 is 1.12 bits per heavy atom. The number of aryl methyl sites for hydroxylation is 3. The lowest BCUT2D eigenvalue weighted by molar-refractivity contribution is 0.477.